The Labute approximate surface area is 155 Å². The minimum Gasteiger partial charge on any atom is -0.385 e. The van der Waals surface area contributed by atoms with Gasteiger partial charge in [0.05, 0.1) is 5.60 Å². The lowest BCUT2D eigenvalue weighted by atomic mass is 9.67. The molecule has 1 aromatic carbocycles. The number of aromatic nitrogens is 2. The quantitative estimate of drug-likeness (QED) is 0.886. The van der Waals surface area contributed by atoms with Crippen LogP contribution < -0.4 is 5.32 Å². The Morgan fingerprint density at radius 3 is 2.62 bits per heavy atom. The first kappa shape index (κ1) is 17.4. The van der Waals surface area contributed by atoms with Crippen molar-refractivity contribution in [1.29, 1.82) is 0 Å². The highest BCUT2D eigenvalue weighted by Gasteiger charge is 2.49. The first-order valence-electron chi connectivity index (χ1n) is 9.59. The van der Waals surface area contributed by atoms with Crippen molar-refractivity contribution >= 4 is 5.95 Å². The Hall–Kier alpha value is -1.98. The van der Waals surface area contributed by atoms with Gasteiger partial charge in [-0.25, -0.2) is 9.97 Å². The van der Waals surface area contributed by atoms with Gasteiger partial charge in [-0.2, -0.15) is 0 Å². The van der Waals surface area contributed by atoms with Crippen molar-refractivity contribution in [2.75, 3.05) is 25.5 Å². The van der Waals surface area contributed by atoms with Gasteiger partial charge in [0, 0.05) is 50.6 Å². The molecular weight excluding hydrogens is 324 g/mol. The third-order valence-corrected chi connectivity index (χ3v) is 6.15. The fourth-order valence-corrected chi connectivity index (χ4v) is 4.77. The van der Waals surface area contributed by atoms with Gasteiger partial charge in [-0.1, -0.05) is 29.8 Å². The third-order valence-electron chi connectivity index (χ3n) is 6.15. The summed E-state index contributed by atoms with van der Waals surface area (Å²) in [7, 11) is 1.83. The summed E-state index contributed by atoms with van der Waals surface area (Å²) >= 11 is 0. The summed E-state index contributed by atoms with van der Waals surface area (Å²) in [6.07, 6.45) is 6.97. The van der Waals surface area contributed by atoms with Crippen molar-refractivity contribution in [3.8, 4) is 0 Å². The standard InChI is InChI=1S/C21H28N4O/c1-15-5-7-18(8-6-15)21(26)9-3-4-17-13-25(14-19(17)21)12-16-10-23-20(22-2)24-11-16/h5-8,10-11,17,19,26H,3-4,9,12-14H2,1-2H3,(H,22,23,24)/t17-,19+,21+/m0/s1. The van der Waals surface area contributed by atoms with Crippen LogP contribution in [0.4, 0.5) is 5.95 Å². The van der Waals surface area contributed by atoms with Crippen LogP contribution in [0.5, 0.6) is 0 Å². The smallest absolute Gasteiger partial charge is 0.222 e. The molecule has 5 nitrogen and oxygen atoms in total. The van der Waals surface area contributed by atoms with Gasteiger partial charge < -0.3 is 10.4 Å². The van der Waals surface area contributed by atoms with Gasteiger partial charge in [0.2, 0.25) is 5.95 Å². The molecule has 1 saturated carbocycles. The Morgan fingerprint density at radius 1 is 1.19 bits per heavy atom. The fraction of sp³-hybridized carbons (Fsp3) is 0.524. The average molecular weight is 352 g/mol. The van der Waals surface area contributed by atoms with Gasteiger partial charge >= 0.3 is 0 Å². The molecule has 2 heterocycles. The summed E-state index contributed by atoms with van der Waals surface area (Å²) in [5, 5.41) is 14.5. The van der Waals surface area contributed by atoms with E-state index in [9.17, 15) is 5.11 Å². The zero-order valence-electron chi connectivity index (χ0n) is 15.7. The number of nitrogens with one attached hydrogen (secondary N) is 1. The van der Waals surface area contributed by atoms with E-state index in [1.807, 2.05) is 19.4 Å². The van der Waals surface area contributed by atoms with Crippen LogP contribution in [0.25, 0.3) is 0 Å². The van der Waals surface area contributed by atoms with Crippen LogP contribution in [-0.2, 0) is 12.1 Å². The number of hydrogen-bond donors (Lipinski definition) is 2. The number of rotatable bonds is 4. The molecule has 0 amide bonds. The number of aliphatic hydroxyl groups is 1. The summed E-state index contributed by atoms with van der Waals surface area (Å²) in [6.45, 7) is 4.92. The molecule has 138 valence electrons. The van der Waals surface area contributed by atoms with Crippen molar-refractivity contribution in [3.05, 3.63) is 53.3 Å². The molecule has 0 radical (unpaired) electrons. The van der Waals surface area contributed by atoms with Crippen LogP contribution >= 0.6 is 0 Å². The van der Waals surface area contributed by atoms with E-state index >= 15 is 0 Å². The van der Waals surface area contributed by atoms with Crippen molar-refractivity contribution < 1.29 is 5.11 Å². The van der Waals surface area contributed by atoms with E-state index in [4.69, 9.17) is 0 Å². The highest BCUT2D eigenvalue weighted by molar-refractivity contribution is 5.29. The molecule has 0 spiro atoms. The molecule has 1 aliphatic carbocycles. The highest BCUT2D eigenvalue weighted by atomic mass is 16.3. The number of hydrogen-bond acceptors (Lipinski definition) is 5. The van der Waals surface area contributed by atoms with Gasteiger partial charge in [-0.05, 0) is 37.7 Å². The molecular formula is C21H28N4O. The molecule has 2 aromatic rings. The van der Waals surface area contributed by atoms with Crippen molar-refractivity contribution in [1.82, 2.24) is 14.9 Å². The number of likely N-dealkylation sites (tertiary alicyclic amines) is 1. The molecule has 0 bridgehead atoms. The number of benzene rings is 1. The lowest BCUT2D eigenvalue weighted by molar-refractivity contribution is -0.0648. The molecule has 5 heteroatoms. The Balaban J connectivity index is 1.51. The molecule has 3 atom stereocenters. The molecule has 4 rings (SSSR count). The predicted molar refractivity (Wildman–Crippen MR) is 103 cm³/mol. The van der Waals surface area contributed by atoms with Crippen LogP contribution in [0, 0.1) is 18.8 Å². The Morgan fingerprint density at radius 2 is 1.92 bits per heavy atom. The van der Waals surface area contributed by atoms with Crippen molar-refractivity contribution in [2.24, 2.45) is 11.8 Å². The normalized spacial score (nSPS) is 28.7. The first-order valence-corrected chi connectivity index (χ1v) is 9.59. The van der Waals surface area contributed by atoms with Gasteiger partial charge in [0.15, 0.2) is 0 Å². The van der Waals surface area contributed by atoms with Crippen LogP contribution in [0.3, 0.4) is 0 Å². The second-order valence-electron chi connectivity index (χ2n) is 7.91. The fourth-order valence-electron chi connectivity index (χ4n) is 4.77. The maximum Gasteiger partial charge on any atom is 0.222 e. The Bertz CT molecular complexity index is 746. The van der Waals surface area contributed by atoms with E-state index in [0.29, 0.717) is 17.8 Å². The molecule has 2 aliphatic rings. The summed E-state index contributed by atoms with van der Waals surface area (Å²) in [5.41, 5.74) is 2.75. The second kappa shape index (κ2) is 6.97. The average Bonchev–Trinajstić information content (AvgIpc) is 3.07. The van der Waals surface area contributed by atoms with Gasteiger partial charge in [0.25, 0.3) is 0 Å². The SMILES string of the molecule is CNc1ncc(CN2C[C@@H]3CCC[C@@](O)(c4ccc(C)cc4)[C@@H]3C2)cn1. The Kier molecular flexibility index (Phi) is 4.67. The van der Waals surface area contributed by atoms with E-state index < -0.39 is 5.60 Å². The molecule has 2 fully saturated rings. The van der Waals surface area contributed by atoms with E-state index in [0.717, 1.165) is 43.6 Å². The molecule has 1 saturated heterocycles. The van der Waals surface area contributed by atoms with E-state index in [-0.39, 0.29) is 0 Å². The third kappa shape index (κ3) is 3.21. The monoisotopic (exact) mass is 352 g/mol. The summed E-state index contributed by atoms with van der Waals surface area (Å²) in [6, 6.07) is 8.46. The number of aryl methyl sites for hydroxylation is 1. The lowest BCUT2D eigenvalue weighted by Gasteiger charge is -2.41. The second-order valence-corrected chi connectivity index (χ2v) is 7.91. The van der Waals surface area contributed by atoms with Crippen molar-refractivity contribution in [2.45, 2.75) is 38.3 Å². The zero-order valence-corrected chi connectivity index (χ0v) is 15.7. The zero-order chi connectivity index (χ0) is 18.1. The minimum atomic E-state index is -0.697. The predicted octanol–water partition coefficient (Wildman–Crippen LogP) is 2.95. The van der Waals surface area contributed by atoms with Crippen LogP contribution in [0.2, 0.25) is 0 Å². The molecule has 0 unspecified atom stereocenters. The van der Waals surface area contributed by atoms with Crippen LogP contribution in [-0.4, -0.2) is 40.1 Å². The summed E-state index contributed by atoms with van der Waals surface area (Å²) < 4.78 is 0. The minimum absolute atomic E-state index is 0.302. The van der Waals surface area contributed by atoms with E-state index in [2.05, 4.69) is 51.4 Å². The summed E-state index contributed by atoms with van der Waals surface area (Å²) in [4.78, 5) is 11.1. The van der Waals surface area contributed by atoms with Crippen LogP contribution in [0.15, 0.2) is 36.7 Å². The van der Waals surface area contributed by atoms with Gasteiger partial charge in [-0.15, -0.1) is 0 Å². The van der Waals surface area contributed by atoms with Gasteiger partial charge in [0.1, 0.15) is 0 Å². The first-order chi connectivity index (χ1) is 12.6. The number of nitrogens with zero attached hydrogens (tertiary/aromatic N) is 3. The number of anilines is 1. The van der Waals surface area contributed by atoms with E-state index in [1.165, 1.54) is 12.0 Å². The number of fused-ring (bicyclic) bond motifs is 1. The molecule has 1 aliphatic heterocycles. The van der Waals surface area contributed by atoms with Crippen molar-refractivity contribution in [3.63, 3.8) is 0 Å². The largest absolute Gasteiger partial charge is 0.385 e. The van der Waals surface area contributed by atoms with Crippen LogP contribution in [0.1, 0.15) is 36.0 Å². The van der Waals surface area contributed by atoms with Gasteiger partial charge in [-0.3, -0.25) is 4.90 Å². The maximum absolute atomic E-state index is 11.6. The summed E-state index contributed by atoms with van der Waals surface area (Å²) in [5.74, 6) is 1.52. The molecule has 2 N–H and O–H groups in total. The molecule has 26 heavy (non-hydrogen) atoms. The molecule has 1 aromatic heterocycles. The van der Waals surface area contributed by atoms with E-state index in [1.54, 1.807) is 0 Å². The highest BCUT2D eigenvalue weighted by Crippen LogP contribution is 2.48. The topological polar surface area (TPSA) is 61.3 Å². The maximum atomic E-state index is 11.6. The lowest BCUT2D eigenvalue weighted by Crippen LogP contribution is -2.42.